The van der Waals surface area contributed by atoms with Crippen LogP contribution in [0.4, 0.5) is 0 Å². The molecule has 0 amide bonds. The Labute approximate surface area is 112 Å². The highest BCUT2D eigenvalue weighted by molar-refractivity contribution is 6.30. The predicted octanol–water partition coefficient (Wildman–Crippen LogP) is 2.54. The largest absolute Gasteiger partial charge is 0.312 e. The molecule has 18 heavy (non-hydrogen) atoms. The fourth-order valence-corrected chi connectivity index (χ4v) is 1.95. The van der Waals surface area contributed by atoms with Crippen LogP contribution in [0.1, 0.15) is 23.5 Å². The van der Waals surface area contributed by atoms with Crippen molar-refractivity contribution in [1.82, 2.24) is 5.32 Å². The molecule has 94 valence electrons. The summed E-state index contributed by atoms with van der Waals surface area (Å²) in [5.74, 6) is 0. The standard InChI is InChI=1S/C14H16ClN3/c15-12-8-4-7-11(9-12)14(17)18-13(16)10-5-2-1-3-6-10/h1-9,13-14,18H,16-17H2. The summed E-state index contributed by atoms with van der Waals surface area (Å²) in [5.41, 5.74) is 14.0. The maximum atomic E-state index is 6.05. The first kappa shape index (κ1) is 13.1. The third kappa shape index (κ3) is 3.31. The van der Waals surface area contributed by atoms with E-state index in [1.807, 2.05) is 54.6 Å². The van der Waals surface area contributed by atoms with Crippen molar-refractivity contribution >= 4 is 11.6 Å². The summed E-state index contributed by atoms with van der Waals surface area (Å²) >= 11 is 5.93. The summed E-state index contributed by atoms with van der Waals surface area (Å²) in [7, 11) is 0. The van der Waals surface area contributed by atoms with Crippen molar-refractivity contribution in [1.29, 1.82) is 0 Å². The zero-order chi connectivity index (χ0) is 13.0. The second kappa shape index (κ2) is 5.98. The van der Waals surface area contributed by atoms with Gasteiger partial charge in [0.1, 0.15) is 0 Å². The summed E-state index contributed by atoms with van der Waals surface area (Å²) < 4.78 is 0. The number of hydrogen-bond acceptors (Lipinski definition) is 3. The van der Waals surface area contributed by atoms with E-state index in [9.17, 15) is 0 Å². The van der Waals surface area contributed by atoms with E-state index in [0.29, 0.717) is 5.02 Å². The molecule has 0 aromatic heterocycles. The number of hydrogen-bond donors (Lipinski definition) is 3. The molecule has 0 aliphatic carbocycles. The number of halogens is 1. The molecule has 0 fully saturated rings. The molecule has 0 saturated heterocycles. The molecule has 0 bridgehead atoms. The maximum absolute atomic E-state index is 6.05. The van der Waals surface area contributed by atoms with Crippen molar-refractivity contribution in [2.45, 2.75) is 12.3 Å². The van der Waals surface area contributed by atoms with Gasteiger partial charge in [-0.3, -0.25) is 5.32 Å². The smallest absolute Gasteiger partial charge is 0.0825 e. The molecular formula is C14H16ClN3. The molecule has 0 aliphatic heterocycles. The summed E-state index contributed by atoms with van der Waals surface area (Å²) in [6.45, 7) is 0. The lowest BCUT2D eigenvalue weighted by molar-refractivity contribution is 0.464. The molecule has 0 spiro atoms. The van der Waals surface area contributed by atoms with E-state index >= 15 is 0 Å². The highest BCUT2D eigenvalue weighted by Crippen LogP contribution is 2.16. The Morgan fingerprint density at radius 2 is 1.44 bits per heavy atom. The van der Waals surface area contributed by atoms with Gasteiger partial charge >= 0.3 is 0 Å². The van der Waals surface area contributed by atoms with Crippen LogP contribution in [0.5, 0.6) is 0 Å². The van der Waals surface area contributed by atoms with Gasteiger partial charge < -0.3 is 11.5 Å². The van der Waals surface area contributed by atoms with E-state index in [-0.39, 0.29) is 12.3 Å². The van der Waals surface area contributed by atoms with Gasteiger partial charge in [-0.15, -0.1) is 0 Å². The molecule has 5 N–H and O–H groups in total. The predicted molar refractivity (Wildman–Crippen MR) is 74.9 cm³/mol. The van der Waals surface area contributed by atoms with Gasteiger partial charge in [0, 0.05) is 5.02 Å². The molecule has 0 saturated carbocycles. The SMILES string of the molecule is NC(NC(N)c1cccc(Cl)c1)c1ccccc1. The van der Waals surface area contributed by atoms with Crippen LogP contribution in [0.2, 0.25) is 5.02 Å². The molecule has 2 aromatic carbocycles. The molecule has 2 atom stereocenters. The first-order chi connectivity index (χ1) is 8.66. The molecule has 0 aliphatic rings. The quantitative estimate of drug-likeness (QED) is 0.741. The summed E-state index contributed by atoms with van der Waals surface area (Å²) in [6.07, 6.45) is -0.654. The normalized spacial score (nSPS) is 14.2. The minimum atomic E-state index is -0.348. The summed E-state index contributed by atoms with van der Waals surface area (Å²) in [5, 5.41) is 3.80. The van der Waals surface area contributed by atoms with Gasteiger partial charge in [0.15, 0.2) is 0 Å². The second-order valence-corrected chi connectivity index (χ2v) is 4.52. The molecule has 3 nitrogen and oxygen atoms in total. The summed E-state index contributed by atoms with van der Waals surface area (Å²) in [6, 6.07) is 17.2. The van der Waals surface area contributed by atoms with E-state index in [0.717, 1.165) is 11.1 Å². The van der Waals surface area contributed by atoms with Crippen LogP contribution in [0, 0.1) is 0 Å². The fraction of sp³-hybridized carbons (Fsp3) is 0.143. The van der Waals surface area contributed by atoms with Crippen LogP contribution >= 0.6 is 11.6 Å². The van der Waals surface area contributed by atoms with E-state index in [2.05, 4.69) is 5.32 Å². The first-order valence-electron chi connectivity index (χ1n) is 5.74. The van der Waals surface area contributed by atoms with Crippen molar-refractivity contribution < 1.29 is 0 Å². The number of rotatable bonds is 4. The Balaban J connectivity index is 2.05. The molecule has 0 heterocycles. The summed E-state index contributed by atoms with van der Waals surface area (Å²) in [4.78, 5) is 0. The molecule has 2 aromatic rings. The monoisotopic (exact) mass is 261 g/mol. The minimum Gasteiger partial charge on any atom is -0.312 e. The number of benzene rings is 2. The second-order valence-electron chi connectivity index (χ2n) is 4.09. The van der Waals surface area contributed by atoms with Crippen LogP contribution in [0.15, 0.2) is 54.6 Å². The third-order valence-corrected chi connectivity index (χ3v) is 2.96. The van der Waals surface area contributed by atoms with Gasteiger partial charge in [0.2, 0.25) is 0 Å². The van der Waals surface area contributed by atoms with E-state index in [1.54, 1.807) is 0 Å². The molecule has 4 heteroatoms. The lowest BCUT2D eigenvalue weighted by atomic mass is 10.1. The highest BCUT2D eigenvalue weighted by atomic mass is 35.5. The van der Waals surface area contributed by atoms with Crippen LogP contribution < -0.4 is 16.8 Å². The topological polar surface area (TPSA) is 64.1 Å². The van der Waals surface area contributed by atoms with E-state index in [1.165, 1.54) is 0 Å². The number of nitrogens with one attached hydrogen (secondary N) is 1. The van der Waals surface area contributed by atoms with Crippen LogP contribution in [0.3, 0.4) is 0 Å². The average Bonchev–Trinajstić information content (AvgIpc) is 2.39. The Bertz CT molecular complexity index is 501. The zero-order valence-corrected chi connectivity index (χ0v) is 10.6. The molecular weight excluding hydrogens is 246 g/mol. The Kier molecular flexibility index (Phi) is 4.33. The van der Waals surface area contributed by atoms with Gasteiger partial charge in [-0.05, 0) is 23.3 Å². The lowest BCUT2D eigenvalue weighted by Gasteiger charge is -2.20. The van der Waals surface area contributed by atoms with E-state index in [4.69, 9.17) is 23.1 Å². The Morgan fingerprint density at radius 1 is 0.833 bits per heavy atom. The van der Waals surface area contributed by atoms with Gasteiger partial charge in [-0.1, -0.05) is 54.1 Å². The first-order valence-corrected chi connectivity index (χ1v) is 6.12. The van der Waals surface area contributed by atoms with Crippen molar-refractivity contribution in [2.24, 2.45) is 11.5 Å². The fourth-order valence-electron chi connectivity index (χ4n) is 1.75. The molecule has 0 radical (unpaired) electrons. The van der Waals surface area contributed by atoms with Crippen molar-refractivity contribution in [3.63, 3.8) is 0 Å². The van der Waals surface area contributed by atoms with Crippen molar-refractivity contribution in [3.05, 3.63) is 70.7 Å². The van der Waals surface area contributed by atoms with Gasteiger partial charge in [-0.25, -0.2) is 0 Å². The van der Waals surface area contributed by atoms with Gasteiger partial charge in [0.05, 0.1) is 12.3 Å². The molecule has 2 rings (SSSR count). The van der Waals surface area contributed by atoms with Crippen molar-refractivity contribution in [3.8, 4) is 0 Å². The lowest BCUT2D eigenvalue weighted by Crippen LogP contribution is -2.36. The highest BCUT2D eigenvalue weighted by Gasteiger charge is 2.11. The minimum absolute atomic E-state index is 0.305. The van der Waals surface area contributed by atoms with Gasteiger partial charge in [-0.2, -0.15) is 0 Å². The Morgan fingerprint density at radius 3 is 2.11 bits per heavy atom. The van der Waals surface area contributed by atoms with Crippen LogP contribution in [-0.4, -0.2) is 0 Å². The van der Waals surface area contributed by atoms with Crippen LogP contribution in [0.25, 0.3) is 0 Å². The maximum Gasteiger partial charge on any atom is 0.0825 e. The van der Waals surface area contributed by atoms with Crippen LogP contribution in [-0.2, 0) is 0 Å². The average molecular weight is 262 g/mol. The number of nitrogens with two attached hydrogens (primary N) is 2. The van der Waals surface area contributed by atoms with Gasteiger partial charge in [0.25, 0.3) is 0 Å². The third-order valence-electron chi connectivity index (χ3n) is 2.73. The van der Waals surface area contributed by atoms with E-state index < -0.39 is 0 Å². The van der Waals surface area contributed by atoms with Crippen molar-refractivity contribution in [2.75, 3.05) is 0 Å². The molecule has 2 unspecified atom stereocenters. The Hall–Kier alpha value is -1.39. The zero-order valence-electron chi connectivity index (χ0n) is 9.88.